The molecule has 7 nitrogen and oxygen atoms in total. The maximum Gasteiger partial charge on any atom is 0.245 e. The van der Waals surface area contributed by atoms with Crippen LogP contribution in [0.4, 0.5) is 11.4 Å². The number of fused-ring (bicyclic) bond motifs is 1. The SMILES string of the molecule is CCCCC(=O)c1cc2c(c(N(S(C)(=O)=O)S(C)(=O)=O)c1)N(Cc1ccccc1)CCC2. The van der Waals surface area contributed by atoms with Crippen LogP contribution in [-0.2, 0) is 33.0 Å². The molecular formula is C23H30N2O5S2. The maximum atomic E-state index is 12.8. The first-order valence-electron chi connectivity index (χ1n) is 10.7. The molecule has 0 saturated heterocycles. The minimum absolute atomic E-state index is 0.0305. The summed E-state index contributed by atoms with van der Waals surface area (Å²) in [6, 6.07) is 13.0. The molecule has 2 aromatic rings. The Kier molecular flexibility index (Phi) is 7.29. The zero-order valence-corrected chi connectivity index (χ0v) is 20.4. The molecule has 3 rings (SSSR count). The molecule has 2 aromatic carbocycles. The van der Waals surface area contributed by atoms with E-state index >= 15 is 0 Å². The van der Waals surface area contributed by atoms with Gasteiger partial charge in [0.05, 0.1) is 23.9 Å². The van der Waals surface area contributed by atoms with Gasteiger partial charge in [-0.05, 0) is 42.5 Å². The van der Waals surface area contributed by atoms with Crippen LogP contribution in [0.1, 0.15) is 54.1 Å². The molecule has 0 aliphatic carbocycles. The molecule has 0 atom stereocenters. The lowest BCUT2D eigenvalue weighted by Gasteiger charge is -2.36. The van der Waals surface area contributed by atoms with Crippen molar-refractivity contribution in [2.75, 3.05) is 27.7 Å². The highest BCUT2D eigenvalue weighted by molar-refractivity contribution is 8.09. The summed E-state index contributed by atoms with van der Waals surface area (Å²) >= 11 is 0. The van der Waals surface area contributed by atoms with Crippen molar-refractivity contribution in [1.29, 1.82) is 0 Å². The van der Waals surface area contributed by atoms with E-state index in [1.807, 2.05) is 42.2 Å². The smallest absolute Gasteiger partial charge is 0.245 e. The summed E-state index contributed by atoms with van der Waals surface area (Å²) < 4.78 is 51.0. The predicted octanol–water partition coefficient (Wildman–Crippen LogP) is 3.74. The van der Waals surface area contributed by atoms with Crippen molar-refractivity contribution < 1.29 is 21.6 Å². The number of benzene rings is 2. The van der Waals surface area contributed by atoms with Crippen LogP contribution in [0, 0.1) is 0 Å². The molecule has 0 unspecified atom stereocenters. The molecule has 0 spiro atoms. The van der Waals surface area contributed by atoms with E-state index in [0.717, 1.165) is 36.5 Å². The van der Waals surface area contributed by atoms with E-state index in [2.05, 4.69) is 0 Å². The highest BCUT2D eigenvalue weighted by atomic mass is 32.3. The van der Waals surface area contributed by atoms with Crippen LogP contribution in [0.15, 0.2) is 42.5 Å². The van der Waals surface area contributed by atoms with Gasteiger partial charge in [-0.2, -0.15) is 3.71 Å². The van der Waals surface area contributed by atoms with E-state index in [4.69, 9.17) is 0 Å². The molecule has 9 heteroatoms. The Bertz CT molecular complexity index is 1160. The Morgan fingerprint density at radius 2 is 1.69 bits per heavy atom. The van der Waals surface area contributed by atoms with Gasteiger partial charge in [-0.1, -0.05) is 43.7 Å². The Morgan fingerprint density at radius 3 is 2.28 bits per heavy atom. The molecule has 0 radical (unpaired) electrons. The van der Waals surface area contributed by atoms with E-state index in [0.29, 0.717) is 47.3 Å². The number of ketones is 1. The molecule has 0 bridgehead atoms. The normalized spacial score (nSPS) is 14.2. The number of aryl methyl sites for hydroxylation is 1. The van der Waals surface area contributed by atoms with Crippen LogP contribution in [-0.4, -0.2) is 41.7 Å². The van der Waals surface area contributed by atoms with E-state index in [9.17, 15) is 21.6 Å². The molecule has 32 heavy (non-hydrogen) atoms. The molecule has 0 N–H and O–H groups in total. The van der Waals surface area contributed by atoms with Crippen molar-refractivity contribution in [3.63, 3.8) is 0 Å². The molecular weight excluding hydrogens is 448 g/mol. The first kappa shape index (κ1) is 24.3. The van der Waals surface area contributed by atoms with Crippen LogP contribution < -0.4 is 8.61 Å². The average molecular weight is 479 g/mol. The van der Waals surface area contributed by atoms with Crippen LogP contribution in [0.3, 0.4) is 0 Å². The van der Waals surface area contributed by atoms with Crippen molar-refractivity contribution in [2.45, 2.75) is 45.6 Å². The van der Waals surface area contributed by atoms with Crippen molar-refractivity contribution in [2.24, 2.45) is 0 Å². The van der Waals surface area contributed by atoms with Gasteiger partial charge in [0.15, 0.2) is 5.78 Å². The summed E-state index contributed by atoms with van der Waals surface area (Å²) in [6.07, 6.45) is 5.11. The summed E-state index contributed by atoms with van der Waals surface area (Å²) in [5.41, 5.74) is 2.76. The first-order valence-corrected chi connectivity index (χ1v) is 14.4. The third-order valence-electron chi connectivity index (χ3n) is 5.45. The average Bonchev–Trinajstić information content (AvgIpc) is 2.70. The lowest BCUT2D eigenvalue weighted by molar-refractivity contribution is 0.0979. The van der Waals surface area contributed by atoms with E-state index < -0.39 is 20.0 Å². The highest BCUT2D eigenvalue weighted by Gasteiger charge is 2.34. The first-order chi connectivity index (χ1) is 15.0. The number of sulfonamides is 2. The Balaban J connectivity index is 2.22. The molecule has 0 aromatic heterocycles. The van der Waals surface area contributed by atoms with E-state index in [1.165, 1.54) is 6.07 Å². The van der Waals surface area contributed by atoms with Gasteiger partial charge in [0.25, 0.3) is 0 Å². The monoisotopic (exact) mass is 478 g/mol. The second-order valence-electron chi connectivity index (χ2n) is 8.26. The number of rotatable bonds is 9. The predicted molar refractivity (Wildman–Crippen MR) is 128 cm³/mol. The Morgan fingerprint density at radius 1 is 1.03 bits per heavy atom. The van der Waals surface area contributed by atoms with Gasteiger partial charge in [0.1, 0.15) is 0 Å². The van der Waals surface area contributed by atoms with E-state index in [-0.39, 0.29) is 11.5 Å². The van der Waals surface area contributed by atoms with Crippen LogP contribution in [0.2, 0.25) is 0 Å². The van der Waals surface area contributed by atoms with Crippen molar-refractivity contribution in [1.82, 2.24) is 0 Å². The van der Waals surface area contributed by atoms with Crippen LogP contribution in [0.5, 0.6) is 0 Å². The van der Waals surface area contributed by atoms with Crippen molar-refractivity contribution >= 4 is 37.2 Å². The number of hydrogen-bond acceptors (Lipinski definition) is 6. The number of unbranched alkanes of at least 4 members (excludes halogenated alkanes) is 1. The standard InChI is InChI=1S/C23H30N2O5S2/c1-4-5-13-22(26)20-15-19-12-9-14-24(17-18-10-7-6-8-11-18)23(19)21(16-20)25(31(2,27)28)32(3,29)30/h6-8,10-11,15-16H,4-5,9,12-14,17H2,1-3H3. The molecule has 0 amide bonds. The van der Waals surface area contributed by atoms with Gasteiger partial charge in [0, 0.05) is 25.1 Å². The summed E-state index contributed by atoms with van der Waals surface area (Å²) in [6.45, 7) is 3.15. The molecule has 174 valence electrons. The van der Waals surface area contributed by atoms with Gasteiger partial charge in [-0.3, -0.25) is 4.79 Å². The molecule has 0 saturated carbocycles. The number of carbonyl (C=O) groups excluding carboxylic acids is 1. The fraction of sp³-hybridized carbons (Fsp3) is 0.435. The number of carbonyl (C=O) groups is 1. The van der Waals surface area contributed by atoms with Gasteiger partial charge in [-0.25, -0.2) is 16.8 Å². The fourth-order valence-corrected chi connectivity index (χ4v) is 7.11. The van der Waals surface area contributed by atoms with Gasteiger partial charge < -0.3 is 4.90 Å². The third-order valence-corrected chi connectivity index (χ3v) is 8.68. The van der Waals surface area contributed by atoms with Gasteiger partial charge >= 0.3 is 0 Å². The number of anilines is 2. The molecule has 0 fully saturated rings. The largest absolute Gasteiger partial charge is 0.365 e. The summed E-state index contributed by atoms with van der Waals surface area (Å²) in [7, 11) is -8.31. The minimum atomic E-state index is -4.16. The van der Waals surface area contributed by atoms with Crippen molar-refractivity contribution in [3.05, 3.63) is 59.2 Å². The highest BCUT2D eigenvalue weighted by Crippen LogP contribution is 2.41. The quantitative estimate of drug-likeness (QED) is 0.510. The summed E-state index contributed by atoms with van der Waals surface area (Å²) in [5.74, 6) is -0.113. The summed E-state index contributed by atoms with van der Waals surface area (Å²) in [5, 5.41) is 0. The third kappa shape index (κ3) is 5.50. The van der Waals surface area contributed by atoms with Gasteiger partial charge in [-0.15, -0.1) is 0 Å². The summed E-state index contributed by atoms with van der Waals surface area (Å²) in [4.78, 5) is 14.8. The second kappa shape index (κ2) is 9.62. The van der Waals surface area contributed by atoms with Crippen LogP contribution >= 0.6 is 0 Å². The fourth-order valence-electron chi connectivity index (χ4n) is 4.15. The Hall–Kier alpha value is -2.39. The zero-order chi connectivity index (χ0) is 23.5. The van der Waals surface area contributed by atoms with Crippen molar-refractivity contribution in [3.8, 4) is 0 Å². The molecule has 1 aliphatic heterocycles. The minimum Gasteiger partial charge on any atom is -0.365 e. The molecule has 1 heterocycles. The lowest BCUT2D eigenvalue weighted by Crippen LogP contribution is -2.38. The van der Waals surface area contributed by atoms with Gasteiger partial charge in [0.2, 0.25) is 20.0 Å². The molecule has 1 aliphatic rings. The Labute approximate surface area is 191 Å². The van der Waals surface area contributed by atoms with E-state index in [1.54, 1.807) is 6.07 Å². The second-order valence-corrected chi connectivity index (χ2v) is 12.2. The number of hydrogen-bond donors (Lipinski definition) is 0. The zero-order valence-electron chi connectivity index (χ0n) is 18.7. The number of nitrogens with zero attached hydrogens (tertiary/aromatic N) is 2. The lowest BCUT2D eigenvalue weighted by atomic mass is 9.94. The van der Waals surface area contributed by atoms with Crippen LogP contribution in [0.25, 0.3) is 0 Å². The maximum absolute atomic E-state index is 12.8. The topological polar surface area (TPSA) is 91.8 Å². The number of Topliss-reactive ketones (excluding diaryl/α,β-unsaturated/α-hetero) is 1.